The summed E-state index contributed by atoms with van der Waals surface area (Å²) in [5.41, 5.74) is 1.55. The van der Waals surface area contributed by atoms with Crippen LogP contribution in [0.5, 0.6) is 0 Å². The van der Waals surface area contributed by atoms with E-state index in [9.17, 15) is 12.8 Å². The number of aryl methyl sites for hydroxylation is 1. The van der Waals surface area contributed by atoms with Gasteiger partial charge in [-0.3, -0.25) is 0 Å². The van der Waals surface area contributed by atoms with E-state index in [4.69, 9.17) is 0 Å². The molecule has 1 aromatic heterocycles. The maximum absolute atomic E-state index is 13.3. The number of anilines is 1. The molecule has 0 radical (unpaired) electrons. The Morgan fingerprint density at radius 3 is 2.96 bits per heavy atom. The first kappa shape index (κ1) is 16.0. The second kappa shape index (κ2) is 6.31. The van der Waals surface area contributed by atoms with E-state index in [1.54, 1.807) is 16.8 Å². The Labute approximate surface area is 135 Å². The van der Waals surface area contributed by atoms with Crippen molar-refractivity contribution in [1.82, 2.24) is 9.78 Å². The molecule has 1 aliphatic heterocycles. The van der Waals surface area contributed by atoms with Crippen molar-refractivity contribution >= 4 is 15.7 Å². The van der Waals surface area contributed by atoms with Gasteiger partial charge in [-0.15, -0.1) is 0 Å². The Balaban J connectivity index is 1.69. The topological polar surface area (TPSA) is 64.0 Å². The number of sulfone groups is 1. The van der Waals surface area contributed by atoms with Gasteiger partial charge in [-0.1, -0.05) is 6.07 Å². The predicted octanol–water partition coefficient (Wildman–Crippen LogP) is 2.56. The van der Waals surface area contributed by atoms with E-state index in [2.05, 4.69) is 10.4 Å². The average Bonchev–Trinajstić information content (AvgIpc) is 2.85. The lowest BCUT2D eigenvalue weighted by atomic mass is 10.1. The van der Waals surface area contributed by atoms with Crippen LogP contribution in [-0.2, 0) is 9.84 Å². The first-order valence-electron chi connectivity index (χ1n) is 7.70. The lowest BCUT2D eigenvalue weighted by Gasteiger charge is -2.21. The normalized spacial score (nSPS) is 20.3. The second-order valence-electron chi connectivity index (χ2n) is 6.07. The van der Waals surface area contributed by atoms with E-state index < -0.39 is 9.84 Å². The summed E-state index contributed by atoms with van der Waals surface area (Å²) in [6.45, 7) is 2.48. The quantitative estimate of drug-likeness (QED) is 0.931. The summed E-state index contributed by atoms with van der Waals surface area (Å²) in [7, 11) is -2.89. The number of halogens is 1. The number of hydrogen-bond acceptors (Lipinski definition) is 4. The highest BCUT2D eigenvalue weighted by Crippen LogP contribution is 2.20. The number of hydrogen-bond donors (Lipinski definition) is 1. The van der Waals surface area contributed by atoms with E-state index >= 15 is 0 Å². The average molecular weight is 337 g/mol. The van der Waals surface area contributed by atoms with Gasteiger partial charge in [0.15, 0.2) is 9.84 Å². The minimum absolute atomic E-state index is 0.119. The minimum atomic E-state index is -2.89. The lowest BCUT2D eigenvalue weighted by Crippen LogP contribution is -2.29. The Morgan fingerprint density at radius 2 is 2.22 bits per heavy atom. The molecule has 2 heterocycles. The third-order valence-corrected chi connectivity index (χ3v) is 5.96. The van der Waals surface area contributed by atoms with Gasteiger partial charge in [-0.2, -0.15) is 5.10 Å². The van der Waals surface area contributed by atoms with Crippen LogP contribution in [0, 0.1) is 18.7 Å². The number of aromatic nitrogens is 2. The highest BCUT2D eigenvalue weighted by Gasteiger charge is 2.24. The summed E-state index contributed by atoms with van der Waals surface area (Å²) in [4.78, 5) is 0. The van der Waals surface area contributed by atoms with Crippen LogP contribution in [0.1, 0.15) is 18.5 Å². The van der Waals surface area contributed by atoms with Crippen molar-refractivity contribution in [3.05, 3.63) is 41.8 Å². The van der Waals surface area contributed by atoms with Crippen LogP contribution in [0.15, 0.2) is 30.3 Å². The summed E-state index contributed by atoms with van der Waals surface area (Å²) >= 11 is 0. The van der Waals surface area contributed by atoms with Gasteiger partial charge >= 0.3 is 0 Å². The third kappa shape index (κ3) is 3.90. The van der Waals surface area contributed by atoms with Crippen LogP contribution in [0.4, 0.5) is 10.2 Å². The predicted molar refractivity (Wildman–Crippen MR) is 88.1 cm³/mol. The van der Waals surface area contributed by atoms with Crippen LogP contribution in [0.3, 0.4) is 0 Å². The van der Waals surface area contributed by atoms with Gasteiger partial charge in [0, 0.05) is 18.3 Å². The van der Waals surface area contributed by atoms with Crippen LogP contribution < -0.4 is 5.32 Å². The first-order valence-corrected chi connectivity index (χ1v) is 9.52. The van der Waals surface area contributed by atoms with Gasteiger partial charge in [-0.05, 0) is 43.9 Å². The molecule has 3 rings (SSSR count). The lowest BCUT2D eigenvalue weighted by molar-refractivity contribution is 0.501. The molecule has 5 nitrogen and oxygen atoms in total. The zero-order valence-electron chi connectivity index (χ0n) is 13.0. The SMILES string of the molecule is Cc1cc(NCC2CCCS(=O)(=O)C2)nn1-c1cccc(F)c1. The second-order valence-corrected chi connectivity index (χ2v) is 8.29. The van der Waals surface area contributed by atoms with Crippen molar-refractivity contribution in [2.45, 2.75) is 19.8 Å². The third-order valence-electron chi connectivity index (χ3n) is 4.07. The Bertz CT molecular complexity index is 801. The molecule has 0 aliphatic carbocycles. The molecule has 0 amide bonds. The summed E-state index contributed by atoms with van der Waals surface area (Å²) in [6, 6.07) is 8.14. The number of rotatable bonds is 4. The summed E-state index contributed by atoms with van der Waals surface area (Å²) < 4.78 is 38.3. The molecule has 1 aromatic carbocycles. The molecule has 23 heavy (non-hydrogen) atoms. The van der Waals surface area contributed by atoms with Crippen molar-refractivity contribution in [1.29, 1.82) is 0 Å². The fourth-order valence-electron chi connectivity index (χ4n) is 2.96. The fraction of sp³-hybridized carbons (Fsp3) is 0.438. The van der Waals surface area contributed by atoms with Gasteiger partial charge in [0.1, 0.15) is 11.6 Å². The molecule has 1 unspecified atom stereocenters. The Kier molecular flexibility index (Phi) is 4.39. The van der Waals surface area contributed by atoms with Crippen LogP contribution >= 0.6 is 0 Å². The molecule has 2 aromatic rings. The number of nitrogens with one attached hydrogen (secondary N) is 1. The van der Waals surface area contributed by atoms with E-state index in [0.717, 1.165) is 18.5 Å². The Morgan fingerprint density at radius 1 is 1.39 bits per heavy atom. The molecule has 124 valence electrons. The van der Waals surface area contributed by atoms with Gasteiger partial charge < -0.3 is 5.32 Å². The highest BCUT2D eigenvalue weighted by atomic mass is 32.2. The molecule has 1 saturated heterocycles. The smallest absolute Gasteiger partial charge is 0.150 e. The number of nitrogens with zero attached hydrogens (tertiary/aromatic N) is 2. The van der Waals surface area contributed by atoms with Gasteiger partial charge in [0.05, 0.1) is 17.2 Å². The number of benzene rings is 1. The molecule has 1 fully saturated rings. The molecular weight excluding hydrogens is 317 g/mol. The molecule has 1 atom stereocenters. The van der Waals surface area contributed by atoms with Crippen molar-refractivity contribution in [2.75, 3.05) is 23.4 Å². The van der Waals surface area contributed by atoms with E-state index in [1.807, 2.05) is 13.0 Å². The maximum Gasteiger partial charge on any atom is 0.150 e. The fourth-order valence-corrected chi connectivity index (χ4v) is 4.73. The van der Waals surface area contributed by atoms with E-state index in [0.29, 0.717) is 23.8 Å². The molecular formula is C16H20FN3O2S. The standard InChI is InChI=1S/C16H20FN3O2S/c1-12-8-16(18-10-13-4-3-7-23(21,22)11-13)19-20(12)15-6-2-5-14(17)9-15/h2,5-6,8-9,13H,3-4,7,10-11H2,1H3,(H,18,19). The van der Waals surface area contributed by atoms with Gasteiger partial charge in [0.2, 0.25) is 0 Å². The molecule has 1 aliphatic rings. The van der Waals surface area contributed by atoms with Crippen molar-refractivity contribution in [3.63, 3.8) is 0 Å². The zero-order chi connectivity index (χ0) is 16.4. The van der Waals surface area contributed by atoms with Crippen LogP contribution in [0.2, 0.25) is 0 Å². The minimum Gasteiger partial charge on any atom is -0.368 e. The molecule has 1 N–H and O–H groups in total. The van der Waals surface area contributed by atoms with Crippen molar-refractivity contribution < 1.29 is 12.8 Å². The largest absolute Gasteiger partial charge is 0.368 e. The van der Waals surface area contributed by atoms with Crippen molar-refractivity contribution in [3.8, 4) is 5.69 Å². The van der Waals surface area contributed by atoms with Gasteiger partial charge in [0.25, 0.3) is 0 Å². The monoisotopic (exact) mass is 337 g/mol. The first-order chi connectivity index (χ1) is 10.9. The molecule has 7 heteroatoms. The molecule has 0 bridgehead atoms. The zero-order valence-corrected chi connectivity index (χ0v) is 13.8. The van der Waals surface area contributed by atoms with Crippen LogP contribution in [0.25, 0.3) is 5.69 Å². The summed E-state index contributed by atoms with van der Waals surface area (Å²) in [5.74, 6) is 1.03. The molecule has 0 saturated carbocycles. The summed E-state index contributed by atoms with van der Waals surface area (Å²) in [6.07, 6.45) is 1.64. The van der Waals surface area contributed by atoms with E-state index in [-0.39, 0.29) is 17.5 Å². The van der Waals surface area contributed by atoms with E-state index in [1.165, 1.54) is 12.1 Å². The molecule has 0 spiro atoms. The summed E-state index contributed by atoms with van der Waals surface area (Å²) in [5, 5.41) is 7.64. The van der Waals surface area contributed by atoms with Gasteiger partial charge in [-0.25, -0.2) is 17.5 Å². The Hall–Kier alpha value is -1.89. The maximum atomic E-state index is 13.3. The highest BCUT2D eigenvalue weighted by molar-refractivity contribution is 7.91. The van der Waals surface area contributed by atoms with Crippen LogP contribution in [-0.4, -0.2) is 36.2 Å². The van der Waals surface area contributed by atoms with Crippen molar-refractivity contribution in [2.24, 2.45) is 5.92 Å².